The summed E-state index contributed by atoms with van der Waals surface area (Å²) in [5.74, 6) is 0.953. The molecule has 4 nitrogen and oxygen atoms in total. The van der Waals surface area contributed by atoms with Gasteiger partial charge in [0.05, 0.1) is 0 Å². The highest BCUT2D eigenvalue weighted by atomic mass is 35.5. The average Bonchev–Trinajstić information content (AvgIpc) is 2.60. The van der Waals surface area contributed by atoms with Gasteiger partial charge < -0.3 is 15.1 Å². The molecule has 1 unspecified atom stereocenters. The topological polar surface area (TPSA) is 35.6 Å². The van der Waals surface area contributed by atoms with E-state index in [2.05, 4.69) is 80.3 Å². The zero-order valence-corrected chi connectivity index (χ0v) is 18.5. The van der Waals surface area contributed by atoms with Gasteiger partial charge >= 0.3 is 0 Å². The second-order valence-electron chi connectivity index (χ2n) is 9.01. The fourth-order valence-electron chi connectivity index (χ4n) is 4.03. The van der Waals surface area contributed by atoms with Crippen molar-refractivity contribution in [2.75, 3.05) is 46.8 Å². The first kappa shape index (κ1) is 23.9. The molecule has 0 radical (unpaired) electrons. The molecule has 0 spiro atoms. The van der Waals surface area contributed by atoms with E-state index in [1.165, 1.54) is 5.56 Å². The van der Waals surface area contributed by atoms with E-state index >= 15 is 0 Å². The van der Waals surface area contributed by atoms with E-state index in [0.717, 1.165) is 45.6 Å². The number of nitrogens with one attached hydrogen (secondary N) is 1. The van der Waals surface area contributed by atoms with Gasteiger partial charge in [-0.3, -0.25) is 4.79 Å². The van der Waals surface area contributed by atoms with Crippen molar-refractivity contribution in [3.63, 3.8) is 0 Å². The lowest BCUT2D eigenvalue weighted by Crippen LogP contribution is -2.45. The largest absolute Gasteiger partial charge is 0.355 e. The first-order chi connectivity index (χ1) is 12.3. The standard InChI is InChI=1S/C22H37N3O.ClH/c1-18(19-9-7-6-8-10-19)15-25-13-11-20(12-14-25)21(26)23-16-22(2,3)17-24(4)5;/h6-10,18,20H,11-17H2,1-5H3,(H,23,26);1H. The van der Waals surface area contributed by atoms with Gasteiger partial charge in [0.15, 0.2) is 0 Å². The van der Waals surface area contributed by atoms with Crippen molar-refractivity contribution in [3.05, 3.63) is 35.9 Å². The summed E-state index contributed by atoms with van der Waals surface area (Å²) in [5, 5.41) is 3.20. The summed E-state index contributed by atoms with van der Waals surface area (Å²) in [7, 11) is 4.16. The Bertz CT molecular complexity index is 554. The van der Waals surface area contributed by atoms with Crippen LogP contribution < -0.4 is 5.32 Å². The van der Waals surface area contributed by atoms with Crippen LogP contribution in [0.5, 0.6) is 0 Å². The molecule has 1 aliphatic heterocycles. The molecule has 27 heavy (non-hydrogen) atoms. The minimum Gasteiger partial charge on any atom is -0.355 e. The van der Waals surface area contributed by atoms with Gasteiger partial charge in [-0.05, 0) is 56.9 Å². The maximum Gasteiger partial charge on any atom is 0.223 e. The molecule has 1 aromatic carbocycles. The number of piperidine rings is 1. The SMILES string of the molecule is CC(CN1CCC(C(=O)NCC(C)(C)CN(C)C)CC1)c1ccccc1.Cl. The first-order valence-electron chi connectivity index (χ1n) is 9.96. The van der Waals surface area contributed by atoms with Crippen LogP contribution in [0.4, 0.5) is 0 Å². The summed E-state index contributed by atoms with van der Waals surface area (Å²) in [4.78, 5) is 17.2. The Balaban J connectivity index is 0.00000364. The molecule has 0 aliphatic carbocycles. The number of carbonyl (C=O) groups is 1. The number of nitrogens with zero attached hydrogens (tertiary/aromatic N) is 2. The van der Waals surface area contributed by atoms with Gasteiger partial charge in [0.1, 0.15) is 0 Å². The van der Waals surface area contributed by atoms with Crippen molar-refractivity contribution in [1.29, 1.82) is 0 Å². The van der Waals surface area contributed by atoms with Crippen LogP contribution in [0.2, 0.25) is 0 Å². The number of hydrogen-bond donors (Lipinski definition) is 1. The van der Waals surface area contributed by atoms with Gasteiger partial charge in [-0.15, -0.1) is 12.4 Å². The minimum atomic E-state index is 0. The fourth-order valence-corrected chi connectivity index (χ4v) is 4.03. The summed E-state index contributed by atoms with van der Waals surface area (Å²) < 4.78 is 0. The molecule has 1 amide bonds. The fraction of sp³-hybridized carbons (Fsp3) is 0.682. The smallest absolute Gasteiger partial charge is 0.223 e. The second kappa shape index (κ2) is 11.0. The number of rotatable bonds is 8. The van der Waals surface area contributed by atoms with Crippen molar-refractivity contribution in [3.8, 4) is 0 Å². The van der Waals surface area contributed by atoms with E-state index in [1.807, 2.05) is 0 Å². The van der Waals surface area contributed by atoms with Gasteiger partial charge in [-0.25, -0.2) is 0 Å². The number of amides is 1. The molecule has 1 atom stereocenters. The van der Waals surface area contributed by atoms with Crippen molar-refractivity contribution < 1.29 is 4.79 Å². The minimum absolute atomic E-state index is 0. The van der Waals surface area contributed by atoms with E-state index in [0.29, 0.717) is 5.92 Å². The molecular formula is C22H38ClN3O. The molecule has 154 valence electrons. The third-order valence-corrected chi connectivity index (χ3v) is 5.34. The van der Waals surface area contributed by atoms with Crippen molar-refractivity contribution >= 4 is 18.3 Å². The lowest BCUT2D eigenvalue weighted by molar-refractivity contribution is -0.126. The van der Waals surface area contributed by atoms with Gasteiger partial charge in [-0.1, -0.05) is 51.1 Å². The van der Waals surface area contributed by atoms with Crippen LogP contribution in [0.15, 0.2) is 30.3 Å². The van der Waals surface area contributed by atoms with Crippen molar-refractivity contribution in [2.45, 2.75) is 39.5 Å². The van der Waals surface area contributed by atoms with E-state index in [9.17, 15) is 4.79 Å². The number of benzene rings is 1. The quantitative estimate of drug-likeness (QED) is 0.730. The zero-order valence-electron chi connectivity index (χ0n) is 17.7. The third kappa shape index (κ3) is 8.20. The number of halogens is 1. The number of likely N-dealkylation sites (tertiary alicyclic amines) is 1. The predicted molar refractivity (Wildman–Crippen MR) is 117 cm³/mol. The van der Waals surface area contributed by atoms with Gasteiger partial charge in [0, 0.05) is 25.6 Å². The molecule has 1 fully saturated rings. The third-order valence-electron chi connectivity index (χ3n) is 5.34. The summed E-state index contributed by atoms with van der Waals surface area (Å²) in [6, 6.07) is 10.7. The average molecular weight is 396 g/mol. The molecule has 2 rings (SSSR count). The van der Waals surface area contributed by atoms with E-state index in [-0.39, 0.29) is 29.6 Å². The Hall–Kier alpha value is -1.10. The van der Waals surface area contributed by atoms with Gasteiger partial charge in [0.25, 0.3) is 0 Å². The molecule has 0 saturated carbocycles. The monoisotopic (exact) mass is 395 g/mol. The highest BCUT2D eigenvalue weighted by Gasteiger charge is 2.27. The molecule has 1 heterocycles. The highest BCUT2D eigenvalue weighted by molar-refractivity contribution is 5.85. The molecular weight excluding hydrogens is 358 g/mol. The van der Waals surface area contributed by atoms with E-state index in [1.54, 1.807) is 0 Å². The van der Waals surface area contributed by atoms with Crippen LogP contribution in [-0.4, -0.2) is 62.5 Å². The maximum absolute atomic E-state index is 12.5. The molecule has 1 N–H and O–H groups in total. The normalized spacial score (nSPS) is 17.4. The lowest BCUT2D eigenvalue weighted by atomic mass is 9.91. The summed E-state index contributed by atoms with van der Waals surface area (Å²) >= 11 is 0. The van der Waals surface area contributed by atoms with Crippen LogP contribution >= 0.6 is 12.4 Å². The Morgan fingerprint density at radius 3 is 2.37 bits per heavy atom. The van der Waals surface area contributed by atoms with E-state index in [4.69, 9.17) is 0 Å². The Kier molecular flexibility index (Phi) is 9.78. The molecule has 1 saturated heterocycles. The van der Waals surface area contributed by atoms with Crippen LogP contribution in [-0.2, 0) is 4.79 Å². The molecule has 0 aromatic heterocycles. The zero-order chi connectivity index (χ0) is 19.2. The first-order valence-corrected chi connectivity index (χ1v) is 9.96. The predicted octanol–water partition coefficient (Wildman–Crippen LogP) is 3.63. The van der Waals surface area contributed by atoms with Crippen LogP contribution in [0, 0.1) is 11.3 Å². The van der Waals surface area contributed by atoms with Crippen molar-refractivity contribution in [2.24, 2.45) is 11.3 Å². The van der Waals surface area contributed by atoms with E-state index < -0.39 is 0 Å². The summed E-state index contributed by atoms with van der Waals surface area (Å²) in [6.45, 7) is 11.6. The Morgan fingerprint density at radius 2 is 1.81 bits per heavy atom. The van der Waals surface area contributed by atoms with Crippen LogP contribution in [0.1, 0.15) is 45.1 Å². The Labute approximate surface area is 172 Å². The molecule has 1 aromatic rings. The second-order valence-corrected chi connectivity index (χ2v) is 9.01. The summed E-state index contributed by atoms with van der Waals surface area (Å²) in [6.07, 6.45) is 1.95. The number of carbonyl (C=O) groups excluding carboxylic acids is 1. The van der Waals surface area contributed by atoms with Crippen LogP contribution in [0.25, 0.3) is 0 Å². The highest BCUT2D eigenvalue weighted by Crippen LogP contribution is 2.22. The molecule has 0 bridgehead atoms. The lowest BCUT2D eigenvalue weighted by Gasteiger charge is -2.34. The molecule has 5 heteroatoms. The van der Waals surface area contributed by atoms with Crippen molar-refractivity contribution in [1.82, 2.24) is 15.1 Å². The maximum atomic E-state index is 12.5. The summed E-state index contributed by atoms with van der Waals surface area (Å²) in [5.41, 5.74) is 1.50. The van der Waals surface area contributed by atoms with Crippen LogP contribution in [0.3, 0.4) is 0 Å². The van der Waals surface area contributed by atoms with Gasteiger partial charge in [0.2, 0.25) is 5.91 Å². The molecule has 1 aliphatic rings. The van der Waals surface area contributed by atoms with Gasteiger partial charge in [-0.2, -0.15) is 0 Å². The Morgan fingerprint density at radius 1 is 1.22 bits per heavy atom. The number of hydrogen-bond acceptors (Lipinski definition) is 3.